The monoisotopic (exact) mass is 398 g/mol. The Morgan fingerprint density at radius 2 is 2.17 bits per heavy atom. The maximum absolute atomic E-state index is 13.2. The van der Waals surface area contributed by atoms with Crippen molar-refractivity contribution in [2.24, 2.45) is 0 Å². The molecule has 2 aliphatic carbocycles. The van der Waals surface area contributed by atoms with Crippen molar-refractivity contribution in [2.45, 2.75) is 64.0 Å². The van der Waals surface area contributed by atoms with Crippen LogP contribution in [0.5, 0.6) is 0 Å². The lowest BCUT2D eigenvalue weighted by molar-refractivity contribution is 0.0297. The van der Waals surface area contributed by atoms with Gasteiger partial charge in [0.1, 0.15) is 0 Å². The molecule has 4 rings (SSSR count). The second-order valence-electron chi connectivity index (χ2n) is 8.40. The normalized spacial score (nSPS) is 22.1. The number of carbonyl (C=O) groups is 1. The van der Waals surface area contributed by atoms with Crippen molar-refractivity contribution in [3.05, 3.63) is 41.3 Å². The lowest BCUT2D eigenvalue weighted by atomic mass is 9.90. The molecule has 1 aromatic heterocycles. The number of amides is 1. The van der Waals surface area contributed by atoms with Gasteiger partial charge in [-0.25, -0.2) is 0 Å². The van der Waals surface area contributed by atoms with E-state index in [0.29, 0.717) is 44.6 Å². The smallest absolute Gasteiger partial charge is 0.274 e. The van der Waals surface area contributed by atoms with Crippen molar-refractivity contribution in [1.29, 1.82) is 0 Å². The highest BCUT2D eigenvalue weighted by molar-refractivity contribution is 5.94. The molecule has 0 aromatic carbocycles. The van der Waals surface area contributed by atoms with Crippen LogP contribution in [0, 0.1) is 0 Å². The van der Waals surface area contributed by atoms with Gasteiger partial charge in [0.25, 0.3) is 5.91 Å². The van der Waals surface area contributed by atoms with E-state index in [1.54, 1.807) is 5.57 Å². The number of hydrogen-bond acceptors (Lipinski definition) is 4. The topological polar surface area (TPSA) is 59.4 Å². The Labute approximate surface area is 174 Å². The number of nitrogens with one attached hydrogen (secondary N) is 1. The van der Waals surface area contributed by atoms with Crippen molar-refractivity contribution in [2.75, 3.05) is 32.8 Å². The summed E-state index contributed by atoms with van der Waals surface area (Å²) >= 11 is 0. The van der Waals surface area contributed by atoms with Crippen LogP contribution in [0.15, 0.2) is 24.3 Å². The molecule has 0 bridgehead atoms. The van der Waals surface area contributed by atoms with Crippen molar-refractivity contribution >= 4 is 5.91 Å². The summed E-state index contributed by atoms with van der Waals surface area (Å²) in [5, 5.41) is 8.48. The van der Waals surface area contributed by atoms with E-state index in [1.807, 2.05) is 15.7 Å². The van der Waals surface area contributed by atoms with Crippen LogP contribution in [0.2, 0.25) is 0 Å². The highest BCUT2D eigenvalue weighted by Gasteiger charge is 2.31. The van der Waals surface area contributed by atoms with Gasteiger partial charge in [-0.1, -0.05) is 17.7 Å². The van der Waals surface area contributed by atoms with Crippen LogP contribution in [-0.2, 0) is 24.1 Å². The van der Waals surface area contributed by atoms with E-state index in [2.05, 4.69) is 18.0 Å². The number of fused-ring (bicyclic) bond motifs is 1. The fraction of sp³-hybridized carbons (Fsp3) is 0.652. The van der Waals surface area contributed by atoms with Gasteiger partial charge in [-0.2, -0.15) is 5.10 Å². The van der Waals surface area contributed by atoms with Gasteiger partial charge in [-0.15, -0.1) is 6.58 Å². The maximum atomic E-state index is 13.2. The molecule has 1 fully saturated rings. The Morgan fingerprint density at radius 3 is 2.93 bits per heavy atom. The quantitative estimate of drug-likeness (QED) is 0.718. The molecule has 6 heteroatoms. The van der Waals surface area contributed by atoms with E-state index in [0.717, 1.165) is 37.8 Å². The first-order valence-corrected chi connectivity index (χ1v) is 11.2. The first kappa shape index (κ1) is 20.4. The molecule has 0 radical (unpaired) electrons. The third-order valence-electron chi connectivity index (χ3n) is 6.41. The van der Waals surface area contributed by atoms with E-state index < -0.39 is 0 Å². The lowest BCUT2D eigenvalue weighted by Gasteiger charge is -2.28. The number of nitrogens with zero attached hydrogens (tertiary/aromatic N) is 3. The number of allylic oxidation sites excluding steroid dienone is 2. The molecular formula is C23H34N4O2. The molecular weight excluding hydrogens is 364 g/mol. The maximum Gasteiger partial charge on any atom is 0.274 e. The summed E-state index contributed by atoms with van der Waals surface area (Å²) in [6, 6.07) is 0.421. The average molecular weight is 399 g/mol. The molecule has 1 saturated heterocycles. The van der Waals surface area contributed by atoms with Gasteiger partial charge in [-0.05, 0) is 57.9 Å². The number of aromatic nitrogens is 2. The highest BCUT2D eigenvalue weighted by atomic mass is 16.5. The largest absolute Gasteiger partial charge is 0.378 e. The molecule has 1 aliphatic heterocycles. The third-order valence-corrected chi connectivity index (χ3v) is 6.41. The zero-order chi connectivity index (χ0) is 20.1. The Hall–Kier alpha value is -1.92. The molecule has 3 aliphatic rings. The van der Waals surface area contributed by atoms with E-state index in [-0.39, 0.29) is 5.91 Å². The van der Waals surface area contributed by atoms with Gasteiger partial charge >= 0.3 is 0 Å². The minimum atomic E-state index is 0.0559. The highest BCUT2D eigenvalue weighted by Crippen LogP contribution is 2.27. The van der Waals surface area contributed by atoms with Gasteiger partial charge in [0.05, 0.1) is 19.8 Å². The minimum absolute atomic E-state index is 0.0559. The number of morpholine rings is 1. The van der Waals surface area contributed by atoms with Gasteiger partial charge in [0.2, 0.25) is 0 Å². The predicted molar refractivity (Wildman–Crippen MR) is 114 cm³/mol. The zero-order valence-corrected chi connectivity index (χ0v) is 17.5. The fourth-order valence-electron chi connectivity index (χ4n) is 4.79. The van der Waals surface area contributed by atoms with Crippen molar-refractivity contribution in [3.8, 4) is 0 Å². The fourth-order valence-corrected chi connectivity index (χ4v) is 4.79. The first-order chi connectivity index (χ1) is 14.3. The van der Waals surface area contributed by atoms with Crippen molar-refractivity contribution in [1.82, 2.24) is 20.0 Å². The van der Waals surface area contributed by atoms with Crippen LogP contribution in [0.1, 0.15) is 60.3 Å². The summed E-state index contributed by atoms with van der Waals surface area (Å²) in [4.78, 5) is 15.0. The van der Waals surface area contributed by atoms with Gasteiger partial charge < -0.3 is 15.0 Å². The molecule has 0 unspecified atom stereocenters. The second kappa shape index (κ2) is 9.72. The molecule has 0 saturated carbocycles. The average Bonchev–Trinajstić information content (AvgIpc) is 3.13. The minimum Gasteiger partial charge on any atom is -0.378 e. The standard InChI is InChI=1S/C23H34N4O2/c1-2-12-27-21-9-8-19(24-11-10-18-6-4-3-5-7-18)17-20(21)22(25-27)23(28)26-13-15-29-16-14-26/h2,6,19,24H,1,3-5,7-17H2/t19-/m0/s1. The molecule has 29 heavy (non-hydrogen) atoms. The van der Waals surface area contributed by atoms with Crippen LogP contribution in [0.25, 0.3) is 0 Å². The van der Waals surface area contributed by atoms with Crippen molar-refractivity contribution in [3.63, 3.8) is 0 Å². The summed E-state index contributed by atoms with van der Waals surface area (Å²) in [6.07, 6.45) is 13.6. The van der Waals surface area contributed by atoms with E-state index in [1.165, 1.54) is 31.4 Å². The van der Waals surface area contributed by atoms with Crippen LogP contribution in [0.4, 0.5) is 0 Å². The first-order valence-electron chi connectivity index (χ1n) is 11.2. The Morgan fingerprint density at radius 1 is 1.31 bits per heavy atom. The molecule has 1 atom stereocenters. The summed E-state index contributed by atoms with van der Waals surface area (Å²) < 4.78 is 7.39. The third kappa shape index (κ3) is 4.81. The van der Waals surface area contributed by atoms with Crippen LogP contribution in [0.3, 0.4) is 0 Å². The number of hydrogen-bond donors (Lipinski definition) is 1. The van der Waals surface area contributed by atoms with Gasteiger partial charge in [0, 0.05) is 30.4 Å². The van der Waals surface area contributed by atoms with Crippen LogP contribution >= 0.6 is 0 Å². The van der Waals surface area contributed by atoms with E-state index in [4.69, 9.17) is 9.84 Å². The molecule has 1 amide bonds. The molecule has 1 N–H and O–H groups in total. The molecule has 6 nitrogen and oxygen atoms in total. The molecule has 1 aromatic rings. The molecule has 0 spiro atoms. The number of rotatable bonds is 7. The van der Waals surface area contributed by atoms with Gasteiger partial charge in [0.15, 0.2) is 5.69 Å². The lowest BCUT2D eigenvalue weighted by Crippen LogP contribution is -2.42. The Balaban J connectivity index is 1.44. The SMILES string of the molecule is C=CCn1nc(C(=O)N2CCOCC2)c2c1CC[C@H](NCCC1=CCCCC1)C2. The van der Waals surface area contributed by atoms with E-state index >= 15 is 0 Å². The number of ether oxygens (including phenoxy) is 1. The molecule has 2 heterocycles. The summed E-state index contributed by atoms with van der Waals surface area (Å²) in [5.41, 5.74) is 4.62. The van der Waals surface area contributed by atoms with Crippen LogP contribution in [-0.4, -0.2) is 59.5 Å². The number of carbonyl (C=O) groups excluding carboxylic acids is 1. The van der Waals surface area contributed by atoms with E-state index in [9.17, 15) is 4.79 Å². The Kier molecular flexibility index (Phi) is 6.82. The summed E-state index contributed by atoms with van der Waals surface area (Å²) in [7, 11) is 0. The van der Waals surface area contributed by atoms with Crippen LogP contribution < -0.4 is 5.32 Å². The molecule has 158 valence electrons. The predicted octanol–water partition coefficient (Wildman–Crippen LogP) is 2.88. The zero-order valence-electron chi connectivity index (χ0n) is 17.5. The van der Waals surface area contributed by atoms with Gasteiger partial charge in [-0.3, -0.25) is 9.48 Å². The van der Waals surface area contributed by atoms with Crippen molar-refractivity contribution < 1.29 is 9.53 Å². The summed E-state index contributed by atoms with van der Waals surface area (Å²) in [6.45, 7) is 8.07. The second-order valence-corrected chi connectivity index (χ2v) is 8.40. The Bertz CT molecular complexity index is 761. The summed E-state index contributed by atoms with van der Waals surface area (Å²) in [5.74, 6) is 0.0559.